The van der Waals surface area contributed by atoms with Crippen molar-refractivity contribution >= 4 is 17.1 Å². The lowest BCUT2D eigenvalue weighted by Crippen LogP contribution is -2.26. The molecule has 8 heteroatoms. The standard InChI is InChI=1S/C21H19FN6O/c1-26(11-14-9-25-28(12-14)18-4-2-16(22)3-5-18)21(29)15-8-19-20(23-10-15)27(13-24-19)17-6-7-17/h2-5,8-10,12-13,17H,6-7,11H2,1H3. The zero-order chi connectivity index (χ0) is 20.0. The molecule has 0 N–H and O–H groups in total. The van der Waals surface area contributed by atoms with Crippen molar-refractivity contribution in [1.29, 1.82) is 0 Å². The van der Waals surface area contributed by atoms with Crippen LogP contribution in [0.3, 0.4) is 0 Å². The zero-order valence-electron chi connectivity index (χ0n) is 15.9. The van der Waals surface area contributed by atoms with E-state index < -0.39 is 0 Å². The summed E-state index contributed by atoms with van der Waals surface area (Å²) >= 11 is 0. The molecule has 3 heterocycles. The van der Waals surface area contributed by atoms with Crippen molar-refractivity contribution in [2.75, 3.05) is 7.05 Å². The Kier molecular flexibility index (Phi) is 4.12. The molecule has 1 amide bonds. The first-order valence-electron chi connectivity index (χ1n) is 9.46. The molecule has 7 nitrogen and oxygen atoms in total. The summed E-state index contributed by atoms with van der Waals surface area (Å²) in [6.45, 7) is 0.397. The number of imidazole rings is 1. The number of rotatable bonds is 5. The van der Waals surface area contributed by atoms with Crippen molar-refractivity contribution in [3.05, 3.63) is 72.2 Å². The predicted molar refractivity (Wildman–Crippen MR) is 105 cm³/mol. The van der Waals surface area contributed by atoms with Crippen LogP contribution in [-0.4, -0.2) is 42.2 Å². The molecule has 146 valence electrons. The molecule has 1 aliphatic carbocycles. The molecule has 3 aromatic heterocycles. The number of halogens is 1. The lowest BCUT2D eigenvalue weighted by Gasteiger charge is -2.16. The molecule has 0 radical (unpaired) electrons. The number of benzene rings is 1. The monoisotopic (exact) mass is 390 g/mol. The second kappa shape index (κ2) is 6.80. The van der Waals surface area contributed by atoms with Crippen molar-refractivity contribution < 1.29 is 9.18 Å². The van der Waals surface area contributed by atoms with Crippen LogP contribution >= 0.6 is 0 Å². The molecule has 1 aromatic carbocycles. The second-order valence-corrected chi connectivity index (χ2v) is 7.38. The van der Waals surface area contributed by atoms with Gasteiger partial charge in [-0.3, -0.25) is 4.79 Å². The van der Waals surface area contributed by atoms with Crippen LogP contribution in [0.1, 0.15) is 34.8 Å². The van der Waals surface area contributed by atoms with Gasteiger partial charge in [-0.1, -0.05) is 0 Å². The van der Waals surface area contributed by atoms with E-state index in [-0.39, 0.29) is 11.7 Å². The highest BCUT2D eigenvalue weighted by molar-refractivity contribution is 5.96. The minimum absolute atomic E-state index is 0.130. The van der Waals surface area contributed by atoms with E-state index in [9.17, 15) is 9.18 Å². The predicted octanol–water partition coefficient (Wildman–Crippen LogP) is 3.36. The molecule has 29 heavy (non-hydrogen) atoms. The third kappa shape index (κ3) is 3.37. The minimum atomic E-state index is -0.293. The molecule has 4 aromatic rings. The van der Waals surface area contributed by atoms with Crippen molar-refractivity contribution in [3.63, 3.8) is 0 Å². The van der Waals surface area contributed by atoms with E-state index in [1.165, 1.54) is 12.1 Å². The summed E-state index contributed by atoms with van der Waals surface area (Å²) in [5.74, 6) is -0.422. The van der Waals surface area contributed by atoms with E-state index in [0.717, 1.165) is 35.3 Å². The lowest BCUT2D eigenvalue weighted by molar-refractivity contribution is 0.0785. The smallest absolute Gasteiger partial charge is 0.255 e. The molecule has 5 rings (SSSR count). The molecule has 1 fully saturated rings. The van der Waals surface area contributed by atoms with Crippen LogP contribution in [0.15, 0.2) is 55.2 Å². The summed E-state index contributed by atoms with van der Waals surface area (Å²) in [6.07, 6.45) is 9.26. The minimum Gasteiger partial charge on any atom is -0.337 e. The fraction of sp³-hybridized carbons (Fsp3) is 0.238. The second-order valence-electron chi connectivity index (χ2n) is 7.38. The largest absolute Gasteiger partial charge is 0.337 e. The van der Waals surface area contributed by atoms with E-state index in [4.69, 9.17) is 0 Å². The van der Waals surface area contributed by atoms with E-state index in [1.807, 2.05) is 6.20 Å². The maximum absolute atomic E-state index is 13.1. The first-order valence-corrected chi connectivity index (χ1v) is 9.46. The number of fused-ring (bicyclic) bond motifs is 1. The summed E-state index contributed by atoms with van der Waals surface area (Å²) in [7, 11) is 1.74. The molecule has 0 aliphatic heterocycles. The molecule has 0 spiro atoms. The van der Waals surface area contributed by atoms with Crippen LogP contribution in [0.25, 0.3) is 16.9 Å². The fourth-order valence-corrected chi connectivity index (χ4v) is 3.40. The number of aromatic nitrogens is 5. The third-order valence-corrected chi connectivity index (χ3v) is 5.09. The van der Waals surface area contributed by atoms with Crippen molar-refractivity contribution in [3.8, 4) is 5.69 Å². The summed E-state index contributed by atoms with van der Waals surface area (Å²) in [5, 5.41) is 4.30. The average Bonchev–Trinajstić information content (AvgIpc) is 3.32. The Labute approximate surface area is 166 Å². The summed E-state index contributed by atoms with van der Waals surface area (Å²) in [4.78, 5) is 23.3. The van der Waals surface area contributed by atoms with E-state index in [1.54, 1.807) is 53.5 Å². The normalized spacial score (nSPS) is 13.7. The van der Waals surface area contributed by atoms with E-state index >= 15 is 0 Å². The van der Waals surface area contributed by atoms with Crippen LogP contribution in [0.5, 0.6) is 0 Å². The van der Waals surface area contributed by atoms with Gasteiger partial charge in [-0.25, -0.2) is 19.0 Å². The lowest BCUT2D eigenvalue weighted by atomic mass is 10.2. The highest BCUT2D eigenvalue weighted by Crippen LogP contribution is 2.36. The maximum Gasteiger partial charge on any atom is 0.255 e. The Morgan fingerprint density at radius 2 is 2.00 bits per heavy atom. The number of hydrogen-bond acceptors (Lipinski definition) is 4. The van der Waals surface area contributed by atoms with Crippen LogP contribution in [0.2, 0.25) is 0 Å². The quantitative estimate of drug-likeness (QED) is 0.524. The Balaban J connectivity index is 1.31. The maximum atomic E-state index is 13.1. The van der Waals surface area contributed by atoms with Gasteiger partial charge in [-0.15, -0.1) is 0 Å². The zero-order valence-corrected chi connectivity index (χ0v) is 15.9. The van der Waals surface area contributed by atoms with Gasteiger partial charge in [-0.2, -0.15) is 5.10 Å². The van der Waals surface area contributed by atoms with Gasteiger partial charge in [0.1, 0.15) is 11.3 Å². The van der Waals surface area contributed by atoms with Gasteiger partial charge in [0.05, 0.1) is 23.8 Å². The molecule has 1 saturated carbocycles. The van der Waals surface area contributed by atoms with Gasteiger partial charge in [0.15, 0.2) is 5.65 Å². The number of hydrogen-bond donors (Lipinski definition) is 0. The van der Waals surface area contributed by atoms with Crippen molar-refractivity contribution in [1.82, 2.24) is 29.2 Å². The van der Waals surface area contributed by atoms with E-state index in [0.29, 0.717) is 18.2 Å². The van der Waals surface area contributed by atoms with Gasteiger partial charge in [0, 0.05) is 37.6 Å². The van der Waals surface area contributed by atoms with Crippen LogP contribution < -0.4 is 0 Å². The van der Waals surface area contributed by atoms with E-state index in [2.05, 4.69) is 19.6 Å². The highest BCUT2D eigenvalue weighted by atomic mass is 19.1. The molecular formula is C21H19FN6O. The Morgan fingerprint density at radius 3 is 2.76 bits per heavy atom. The Morgan fingerprint density at radius 1 is 1.21 bits per heavy atom. The average molecular weight is 390 g/mol. The number of carbonyl (C=O) groups excluding carboxylic acids is 1. The van der Waals surface area contributed by atoms with Gasteiger partial charge in [-0.05, 0) is 43.2 Å². The Hall–Kier alpha value is -3.55. The molecule has 0 atom stereocenters. The number of nitrogens with zero attached hydrogens (tertiary/aromatic N) is 6. The Bertz CT molecular complexity index is 1190. The van der Waals surface area contributed by atoms with Gasteiger partial charge < -0.3 is 9.47 Å². The summed E-state index contributed by atoms with van der Waals surface area (Å²) in [6, 6.07) is 8.38. The topological polar surface area (TPSA) is 68.8 Å². The van der Waals surface area contributed by atoms with Crippen molar-refractivity contribution in [2.45, 2.75) is 25.4 Å². The van der Waals surface area contributed by atoms with Crippen LogP contribution in [0, 0.1) is 5.82 Å². The number of carbonyl (C=O) groups is 1. The van der Waals surface area contributed by atoms with Gasteiger partial charge >= 0.3 is 0 Å². The number of amides is 1. The summed E-state index contributed by atoms with van der Waals surface area (Å²) < 4.78 is 16.8. The number of pyridine rings is 1. The molecule has 0 saturated heterocycles. The third-order valence-electron chi connectivity index (χ3n) is 5.09. The first kappa shape index (κ1) is 17.5. The fourth-order valence-electron chi connectivity index (χ4n) is 3.40. The highest BCUT2D eigenvalue weighted by Gasteiger charge is 2.26. The molecule has 0 bridgehead atoms. The first-order chi connectivity index (χ1) is 14.1. The SMILES string of the molecule is CN(Cc1cnn(-c2ccc(F)cc2)c1)C(=O)c1cnc2c(c1)ncn2C1CC1. The van der Waals surface area contributed by atoms with Crippen LogP contribution in [-0.2, 0) is 6.54 Å². The van der Waals surface area contributed by atoms with Gasteiger partial charge in [0.25, 0.3) is 5.91 Å². The molecular weight excluding hydrogens is 371 g/mol. The van der Waals surface area contributed by atoms with Crippen LogP contribution in [0.4, 0.5) is 4.39 Å². The molecule has 0 unspecified atom stereocenters. The molecule has 1 aliphatic rings. The van der Waals surface area contributed by atoms with Gasteiger partial charge in [0.2, 0.25) is 0 Å². The summed E-state index contributed by atoms with van der Waals surface area (Å²) in [5.41, 5.74) is 3.70. The van der Waals surface area contributed by atoms with Crippen molar-refractivity contribution in [2.24, 2.45) is 0 Å².